The molecule has 6 atom stereocenters. The maximum atomic E-state index is 13.1. The van der Waals surface area contributed by atoms with Crippen molar-refractivity contribution in [2.24, 2.45) is 35.5 Å². The van der Waals surface area contributed by atoms with Gasteiger partial charge in [-0.05, 0) is 86.8 Å². The average molecular weight is 1110 g/mol. The molecule has 3 aromatic heterocycles. The summed E-state index contributed by atoms with van der Waals surface area (Å²) in [6.07, 6.45) is 13.9. The van der Waals surface area contributed by atoms with Gasteiger partial charge >= 0.3 is 0 Å². The minimum Gasteiger partial charge on any atom is -0.350 e. The Kier molecular flexibility index (Phi) is 20.3. The van der Waals surface area contributed by atoms with Gasteiger partial charge in [-0.25, -0.2) is 29.9 Å². The van der Waals surface area contributed by atoms with Crippen LogP contribution in [0.5, 0.6) is 0 Å². The molecule has 3 aromatic carbocycles. The van der Waals surface area contributed by atoms with E-state index in [9.17, 15) is 43.2 Å². The van der Waals surface area contributed by atoms with Crippen LogP contribution in [0.3, 0.4) is 0 Å². The first kappa shape index (κ1) is 58.9. The molecule has 0 spiro atoms. The van der Waals surface area contributed by atoms with Crippen molar-refractivity contribution in [2.75, 3.05) is 40.9 Å². The predicted molar refractivity (Wildman–Crippen MR) is 302 cm³/mol. The number of nitrogens with zero attached hydrogens (tertiary/aromatic N) is 9. The Morgan fingerprint density at radius 3 is 1.15 bits per heavy atom. The van der Waals surface area contributed by atoms with Gasteiger partial charge in [-0.1, -0.05) is 105 Å². The summed E-state index contributed by atoms with van der Waals surface area (Å²) in [5.41, 5.74) is 2.85. The summed E-state index contributed by atoms with van der Waals surface area (Å²) in [6, 6.07) is 33.7. The standard InChI is InChI=1S/2C20H20N4O3.C19H20N4O3.C2H6/c25-17(18(26)23-14-7-8-14)16-12-24(20-21-9-4-10-22-20)19(27)15(16)11-13-5-2-1-3-6-13;25-18(19(26)23-14-6-7-14)16-11-24(17-8-9-21-12-22-17)20(27)15(16)10-13-4-2-1-3-5-13;1-2-20-17(25)16(24)15-12-23(19-21-9-6-10-22-19)18(26)14(15)11-13-7-4-3-5-8-13;1-2/h1-6,9-10,14-16H,7-8,11-12H2,(H,23,26);1-5,8-9,12,14-16H,6-7,10-11H2,(H,23,26);3-10,14-15H,2,11-12H2,1H3,(H,20,25);1-2H3/t2*15-,16+;14-,15+;/m111./s1. The zero-order valence-corrected chi connectivity index (χ0v) is 46.0. The quantitative estimate of drug-likeness (QED) is 0.101. The average Bonchev–Trinajstić information content (AvgIpc) is 4.47. The number of benzene rings is 3. The number of hydrogen-bond acceptors (Lipinski definition) is 15. The van der Waals surface area contributed by atoms with E-state index in [1.807, 2.05) is 105 Å². The molecule has 6 amide bonds. The van der Waals surface area contributed by atoms with Crippen molar-refractivity contribution in [2.45, 2.75) is 77.8 Å². The highest BCUT2D eigenvalue weighted by molar-refractivity contribution is 6.39. The molecular weight excluding hydrogens is 1040 g/mol. The highest BCUT2D eigenvalue weighted by Gasteiger charge is 2.50. The van der Waals surface area contributed by atoms with E-state index in [4.69, 9.17) is 0 Å². The summed E-state index contributed by atoms with van der Waals surface area (Å²) in [4.78, 5) is 143. The molecule has 3 aliphatic heterocycles. The van der Waals surface area contributed by atoms with Gasteiger partial charge in [-0.3, -0.25) is 57.9 Å². The predicted octanol–water partition coefficient (Wildman–Crippen LogP) is 4.32. The van der Waals surface area contributed by atoms with Crippen LogP contribution < -0.4 is 30.7 Å². The van der Waals surface area contributed by atoms with Crippen molar-refractivity contribution in [3.8, 4) is 0 Å². The second-order valence-electron chi connectivity index (χ2n) is 20.2. The molecule has 5 aliphatic rings. The third-order valence-corrected chi connectivity index (χ3v) is 14.5. The first-order valence-electron chi connectivity index (χ1n) is 27.8. The lowest BCUT2D eigenvalue weighted by molar-refractivity contribution is -0.141. The van der Waals surface area contributed by atoms with Gasteiger partial charge in [0.25, 0.3) is 17.7 Å². The number of hydrogen-bond donors (Lipinski definition) is 3. The van der Waals surface area contributed by atoms with Crippen LogP contribution in [-0.2, 0) is 62.4 Å². The molecule has 3 saturated heterocycles. The Morgan fingerprint density at radius 2 is 0.805 bits per heavy atom. The largest absolute Gasteiger partial charge is 0.350 e. The zero-order valence-electron chi connectivity index (χ0n) is 46.0. The van der Waals surface area contributed by atoms with Gasteiger partial charge in [0.15, 0.2) is 0 Å². The van der Waals surface area contributed by atoms with E-state index in [-0.39, 0.29) is 61.3 Å². The number of carbonyl (C=O) groups excluding carboxylic acids is 9. The molecule has 82 heavy (non-hydrogen) atoms. The second kappa shape index (κ2) is 28.2. The third-order valence-electron chi connectivity index (χ3n) is 14.5. The highest BCUT2D eigenvalue weighted by Crippen LogP contribution is 2.35. The van der Waals surface area contributed by atoms with Gasteiger partial charge < -0.3 is 16.0 Å². The Labute approximate surface area is 475 Å². The fourth-order valence-corrected chi connectivity index (χ4v) is 10.0. The maximum absolute atomic E-state index is 13.1. The summed E-state index contributed by atoms with van der Waals surface area (Å²) in [7, 11) is 0. The zero-order chi connectivity index (χ0) is 58.1. The van der Waals surface area contributed by atoms with Crippen molar-refractivity contribution >= 4 is 70.5 Å². The highest BCUT2D eigenvalue weighted by atomic mass is 16.2. The number of amides is 6. The van der Waals surface area contributed by atoms with Crippen molar-refractivity contribution in [3.05, 3.63) is 163 Å². The fourth-order valence-electron chi connectivity index (χ4n) is 10.0. The lowest BCUT2D eigenvalue weighted by atomic mass is 9.86. The van der Waals surface area contributed by atoms with E-state index in [2.05, 4.69) is 45.9 Å². The molecule has 424 valence electrons. The van der Waals surface area contributed by atoms with Crippen LogP contribution in [0.15, 0.2) is 147 Å². The molecular formula is C61H66N12O9. The Bertz CT molecular complexity index is 3030. The van der Waals surface area contributed by atoms with Crippen LogP contribution >= 0.6 is 0 Å². The van der Waals surface area contributed by atoms with Crippen LogP contribution in [0.25, 0.3) is 0 Å². The second-order valence-corrected chi connectivity index (χ2v) is 20.2. The lowest BCUT2D eigenvalue weighted by Crippen LogP contribution is -2.39. The molecule has 2 aliphatic carbocycles. The van der Waals surface area contributed by atoms with Crippen LogP contribution in [0, 0.1) is 35.5 Å². The topological polar surface area (TPSA) is 277 Å². The van der Waals surface area contributed by atoms with E-state index in [0.717, 1.165) is 42.4 Å². The third kappa shape index (κ3) is 14.9. The molecule has 5 fully saturated rings. The van der Waals surface area contributed by atoms with Gasteiger partial charge in [0.1, 0.15) is 12.1 Å². The Balaban J connectivity index is 0.000000159. The molecule has 0 radical (unpaired) electrons. The molecule has 6 heterocycles. The monoisotopic (exact) mass is 1110 g/mol. The molecule has 21 nitrogen and oxygen atoms in total. The summed E-state index contributed by atoms with van der Waals surface area (Å²) < 4.78 is 0. The lowest BCUT2D eigenvalue weighted by Gasteiger charge is -2.15. The van der Waals surface area contributed by atoms with Crippen LogP contribution in [-0.4, -0.2) is 121 Å². The molecule has 2 saturated carbocycles. The molecule has 0 unspecified atom stereocenters. The van der Waals surface area contributed by atoms with Crippen LogP contribution in [0.2, 0.25) is 0 Å². The van der Waals surface area contributed by atoms with Gasteiger partial charge in [0.05, 0.1) is 35.5 Å². The Morgan fingerprint density at radius 1 is 0.451 bits per heavy atom. The van der Waals surface area contributed by atoms with E-state index in [1.54, 1.807) is 56.1 Å². The maximum Gasteiger partial charge on any atom is 0.287 e. The van der Waals surface area contributed by atoms with E-state index >= 15 is 0 Å². The minimum atomic E-state index is -0.724. The first-order valence-corrected chi connectivity index (χ1v) is 27.8. The number of carbonyl (C=O) groups is 9. The van der Waals surface area contributed by atoms with Crippen molar-refractivity contribution in [1.82, 2.24) is 45.9 Å². The number of ketones is 3. The van der Waals surface area contributed by atoms with Gasteiger partial charge in [0.2, 0.25) is 47.0 Å². The van der Waals surface area contributed by atoms with E-state index < -0.39 is 70.6 Å². The van der Waals surface area contributed by atoms with Crippen LogP contribution in [0.4, 0.5) is 17.7 Å². The normalized spacial score (nSPS) is 20.7. The van der Waals surface area contributed by atoms with Gasteiger partial charge in [0, 0.05) is 69.2 Å². The Hall–Kier alpha value is -9.27. The molecule has 0 bridgehead atoms. The van der Waals surface area contributed by atoms with Crippen molar-refractivity contribution < 1.29 is 43.2 Å². The van der Waals surface area contributed by atoms with Crippen LogP contribution in [0.1, 0.15) is 63.1 Å². The smallest absolute Gasteiger partial charge is 0.287 e. The molecule has 11 rings (SSSR count). The molecule has 3 N–H and O–H groups in total. The van der Waals surface area contributed by atoms with Crippen molar-refractivity contribution in [1.29, 1.82) is 0 Å². The molecule has 6 aromatic rings. The summed E-state index contributed by atoms with van der Waals surface area (Å²) >= 11 is 0. The number of anilines is 3. The SMILES string of the molecule is CC.CCNC(=O)C(=O)[C@H]1CN(c2ncccn2)C(=O)[C@@H]1Cc1ccccc1.O=C(NC1CC1)C(=O)[C@H]1CN(c2ccncn2)C(=O)[C@@H]1Cc1ccccc1.O=C(NC1CC1)C(=O)[C@H]1CN(c2ncccn2)C(=O)[C@@H]1Cc1ccccc1. The van der Waals surface area contributed by atoms with Crippen molar-refractivity contribution in [3.63, 3.8) is 0 Å². The van der Waals surface area contributed by atoms with E-state index in [1.165, 1.54) is 21.0 Å². The summed E-state index contributed by atoms with van der Waals surface area (Å²) in [5.74, 6) is -7.05. The van der Waals surface area contributed by atoms with E-state index in [0.29, 0.717) is 31.6 Å². The number of rotatable bonds is 18. The summed E-state index contributed by atoms with van der Waals surface area (Å²) in [6.45, 7) is 6.49. The van der Waals surface area contributed by atoms with Gasteiger partial charge in [-0.2, -0.15) is 0 Å². The number of likely N-dealkylation sites (N-methyl/N-ethyl adjacent to an activating group) is 1. The number of nitrogens with one attached hydrogen (secondary N) is 3. The fraction of sp³-hybridized carbons (Fsp3) is 0.361. The molecule has 21 heteroatoms. The minimum absolute atomic E-state index is 0.0969. The van der Waals surface area contributed by atoms with Gasteiger partial charge in [-0.15, -0.1) is 0 Å². The number of aromatic nitrogens is 6. The summed E-state index contributed by atoms with van der Waals surface area (Å²) in [5, 5.41) is 8.00. The first-order chi connectivity index (χ1) is 39.9. The number of Topliss-reactive ketones (excluding diaryl/α,β-unsaturated/α-hetero) is 3.